The van der Waals surface area contributed by atoms with Crippen LogP contribution in [0.2, 0.25) is 0 Å². The van der Waals surface area contributed by atoms with Crippen molar-refractivity contribution in [3.05, 3.63) is 64.2 Å². The van der Waals surface area contributed by atoms with Gasteiger partial charge >= 0.3 is 0 Å². The molecule has 0 aliphatic heterocycles. The molecule has 106 valence electrons. The van der Waals surface area contributed by atoms with Gasteiger partial charge in [-0.25, -0.2) is 4.98 Å². The molecule has 0 radical (unpaired) electrons. The third-order valence-electron chi connectivity index (χ3n) is 3.46. The van der Waals surface area contributed by atoms with Gasteiger partial charge in [-0.05, 0) is 26.0 Å². The zero-order valence-corrected chi connectivity index (χ0v) is 11.9. The predicted octanol–water partition coefficient (Wildman–Crippen LogP) is 2.43. The lowest BCUT2D eigenvalue weighted by Crippen LogP contribution is -2.21. The molecule has 1 aromatic carbocycles. The molecule has 3 aromatic rings. The molecule has 3 N–H and O–H groups in total. The molecule has 0 unspecified atom stereocenters. The summed E-state index contributed by atoms with van der Waals surface area (Å²) in [6, 6.07) is 13.3. The van der Waals surface area contributed by atoms with Crippen LogP contribution in [0.1, 0.15) is 11.4 Å². The van der Waals surface area contributed by atoms with Crippen molar-refractivity contribution in [3.8, 4) is 17.1 Å². The Morgan fingerprint density at radius 3 is 2.24 bits per heavy atom. The average Bonchev–Trinajstić information content (AvgIpc) is 2.79. The number of anilines is 1. The maximum atomic E-state index is 12.4. The molecular weight excluding hydrogens is 264 g/mol. The molecule has 0 aliphatic rings. The summed E-state index contributed by atoms with van der Waals surface area (Å²) in [6.07, 6.45) is 0. The number of benzene rings is 1. The maximum absolute atomic E-state index is 12.4. The minimum Gasteiger partial charge on any atom is -0.382 e. The van der Waals surface area contributed by atoms with Crippen LogP contribution in [0.25, 0.3) is 17.1 Å². The van der Waals surface area contributed by atoms with Gasteiger partial charge in [-0.3, -0.25) is 4.79 Å². The van der Waals surface area contributed by atoms with Crippen molar-refractivity contribution in [2.75, 3.05) is 5.73 Å². The third-order valence-corrected chi connectivity index (χ3v) is 3.46. The Kier molecular flexibility index (Phi) is 3.10. The molecular formula is C16H16N4O. The van der Waals surface area contributed by atoms with Crippen molar-refractivity contribution in [1.82, 2.24) is 14.5 Å². The van der Waals surface area contributed by atoms with Gasteiger partial charge in [0.2, 0.25) is 0 Å². The average molecular weight is 280 g/mol. The summed E-state index contributed by atoms with van der Waals surface area (Å²) < 4.78 is 1.82. The Balaban J connectivity index is 2.21. The zero-order chi connectivity index (χ0) is 15.0. The van der Waals surface area contributed by atoms with Crippen molar-refractivity contribution < 1.29 is 0 Å². The molecule has 0 aliphatic carbocycles. The summed E-state index contributed by atoms with van der Waals surface area (Å²) >= 11 is 0. The lowest BCUT2D eigenvalue weighted by atomic mass is 10.2. The summed E-state index contributed by atoms with van der Waals surface area (Å²) in [6.45, 7) is 3.86. The molecule has 0 saturated heterocycles. The summed E-state index contributed by atoms with van der Waals surface area (Å²) in [5.41, 5.74) is 8.87. The maximum Gasteiger partial charge on any atom is 0.277 e. The van der Waals surface area contributed by atoms with Crippen molar-refractivity contribution in [2.24, 2.45) is 0 Å². The van der Waals surface area contributed by atoms with Gasteiger partial charge in [-0.15, -0.1) is 0 Å². The van der Waals surface area contributed by atoms with Gasteiger partial charge < -0.3 is 15.3 Å². The van der Waals surface area contributed by atoms with E-state index in [0.717, 1.165) is 17.0 Å². The first-order valence-electron chi connectivity index (χ1n) is 6.68. The van der Waals surface area contributed by atoms with E-state index in [1.807, 2.05) is 60.9 Å². The van der Waals surface area contributed by atoms with Crippen molar-refractivity contribution in [2.45, 2.75) is 13.8 Å². The van der Waals surface area contributed by atoms with E-state index in [4.69, 9.17) is 5.73 Å². The molecule has 5 heteroatoms. The zero-order valence-electron chi connectivity index (χ0n) is 11.9. The van der Waals surface area contributed by atoms with E-state index in [-0.39, 0.29) is 11.4 Å². The number of hydrogen-bond acceptors (Lipinski definition) is 3. The number of nitrogens with one attached hydrogen (secondary N) is 1. The van der Waals surface area contributed by atoms with Crippen molar-refractivity contribution in [3.63, 3.8) is 0 Å². The highest BCUT2D eigenvalue weighted by atomic mass is 16.1. The molecule has 0 spiro atoms. The molecule has 5 nitrogen and oxygen atoms in total. The summed E-state index contributed by atoms with van der Waals surface area (Å²) in [5, 5.41) is 0. The number of H-pyrrole nitrogens is 1. The van der Waals surface area contributed by atoms with Crippen LogP contribution in [0.4, 0.5) is 5.82 Å². The highest BCUT2D eigenvalue weighted by molar-refractivity contribution is 5.61. The fourth-order valence-corrected chi connectivity index (χ4v) is 2.45. The van der Waals surface area contributed by atoms with Crippen molar-refractivity contribution in [1.29, 1.82) is 0 Å². The normalized spacial score (nSPS) is 10.8. The molecule has 0 atom stereocenters. The van der Waals surface area contributed by atoms with Gasteiger partial charge in [0.05, 0.1) is 0 Å². The quantitative estimate of drug-likeness (QED) is 0.757. The minimum absolute atomic E-state index is 0.222. The van der Waals surface area contributed by atoms with Crippen LogP contribution in [0.15, 0.2) is 47.3 Å². The smallest absolute Gasteiger partial charge is 0.277 e. The van der Waals surface area contributed by atoms with E-state index in [1.165, 1.54) is 0 Å². The number of aryl methyl sites for hydroxylation is 2. The fourth-order valence-electron chi connectivity index (χ4n) is 2.45. The topological polar surface area (TPSA) is 76.7 Å². The Hall–Kier alpha value is -2.82. The number of hydrogen-bond donors (Lipinski definition) is 2. The van der Waals surface area contributed by atoms with E-state index >= 15 is 0 Å². The molecule has 0 fully saturated rings. The molecule has 0 bridgehead atoms. The van der Waals surface area contributed by atoms with Crippen LogP contribution in [0.3, 0.4) is 0 Å². The Labute approximate surface area is 122 Å². The largest absolute Gasteiger partial charge is 0.382 e. The number of aromatic amines is 1. The highest BCUT2D eigenvalue weighted by Gasteiger charge is 2.14. The van der Waals surface area contributed by atoms with Gasteiger partial charge in [0.25, 0.3) is 5.56 Å². The number of nitrogens with zero attached hydrogens (tertiary/aromatic N) is 2. The Morgan fingerprint density at radius 2 is 1.67 bits per heavy atom. The third kappa shape index (κ3) is 2.23. The number of rotatable bonds is 2. The Bertz CT molecular complexity index is 827. The summed E-state index contributed by atoms with van der Waals surface area (Å²) in [4.78, 5) is 19.6. The molecule has 21 heavy (non-hydrogen) atoms. The van der Waals surface area contributed by atoms with Gasteiger partial charge in [0.1, 0.15) is 5.82 Å². The van der Waals surface area contributed by atoms with Crippen LogP contribution < -0.4 is 11.3 Å². The number of aromatic nitrogens is 3. The van der Waals surface area contributed by atoms with Crippen LogP contribution in [-0.4, -0.2) is 14.5 Å². The summed E-state index contributed by atoms with van der Waals surface area (Å²) in [7, 11) is 0. The highest BCUT2D eigenvalue weighted by Crippen LogP contribution is 2.20. The standard InChI is InChI=1S/C16H16N4O/c1-10-8-9-11(2)20(10)13-14(17)18-15(19-16(13)21)12-6-4-3-5-7-12/h3-9H,1-2H3,(H3,17,18,19,21). The van der Waals surface area contributed by atoms with Gasteiger partial charge in [0.15, 0.2) is 11.5 Å². The molecule has 2 aromatic heterocycles. The van der Waals surface area contributed by atoms with Crippen LogP contribution in [0.5, 0.6) is 0 Å². The molecule has 3 rings (SSSR count). The van der Waals surface area contributed by atoms with Crippen LogP contribution >= 0.6 is 0 Å². The van der Waals surface area contributed by atoms with E-state index in [0.29, 0.717) is 11.5 Å². The second-order valence-corrected chi connectivity index (χ2v) is 4.97. The molecule has 2 heterocycles. The van der Waals surface area contributed by atoms with Crippen LogP contribution in [-0.2, 0) is 0 Å². The summed E-state index contributed by atoms with van der Waals surface area (Å²) in [5.74, 6) is 0.698. The van der Waals surface area contributed by atoms with E-state index < -0.39 is 0 Å². The number of nitrogen functional groups attached to an aromatic ring is 1. The first-order valence-corrected chi connectivity index (χ1v) is 6.68. The SMILES string of the molecule is Cc1ccc(C)n1-c1c(N)nc(-c2ccccc2)[nH]c1=O. The predicted molar refractivity (Wildman–Crippen MR) is 83.5 cm³/mol. The monoisotopic (exact) mass is 280 g/mol. The molecule has 0 saturated carbocycles. The van der Waals surface area contributed by atoms with Gasteiger partial charge in [0, 0.05) is 17.0 Å². The number of nitrogens with two attached hydrogens (primary N) is 1. The minimum atomic E-state index is -0.247. The molecule has 0 amide bonds. The van der Waals surface area contributed by atoms with Gasteiger partial charge in [-0.2, -0.15) is 0 Å². The lowest BCUT2D eigenvalue weighted by Gasteiger charge is -2.11. The van der Waals surface area contributed by atoms with Crippen LogP contribution in [0, 0.1) is 13.8 Å². The second kappa shape index (κ2) is 4.94. The Morgan fingerprint density at radius 1 is 1.05 bits per heavy atom. The second-order valence-electron chi connectivity index (χ2n) is 4.97. The van der Waals surface area contributed by atoms with Crippen molar-refractivity contribution >= 4 is 5.82 Å². The van der Waals surface area contributed by atoms with E-state index in [9.17, 15) is 4.79 Å². The first-order chi connectivity index (χ1) is 10.1. The first kappa shape index (κ1) is 13.2. The van der Waals surface area contributed by atoms with E-state index in [1.54, 1.807) is 0 Å². The van der Waals surface area contributed by atoms with E-state index in [2.05, 4.69) is 9.97 Å². The fraction of sp³-hybridized carbons (Fsp3) is 0.125. The van der Waals surface area contributed by atoms with Gasteiger partial charge in [-0.1, -0.05) is 30.3 Å². The lowest BCUT2D eigenvalue weighted by molar-refractivity contribution is 0.928.